The molecule has 3 N–H and O–H groups in total. The summed E-state index contributed by atoms with van der Waals surface area (Å²) >= 11 is 0. The SMILES string of the molecule is CC(C)CCNC(=O)C1CCN(CC(N)=O)CC1. The van der Waals surface area contributed by atoms with Crippen LogP contribution in [0.1, 0.15) is 33.1 Å². The Labute approximate surface area is 109 Å². The first-order valence-corrected chi connectivity index (χ1v) is 6.77. The zero-order chi connectivity index (χ0) is 13.5. The molecule has 104 valence electrons. The van der Waals surface area contributed by atoms with Crippen molar-refractivity contribution < 1.29 is 9.59 Å². The van der Waals surface area contributed by atoms with Crippen molar-refractivity contribution in [2.24, 2.45) is 17.6 Å². The molecule has 1 heterocycles. The summed E-state index contributed by atoms with van der Waals surface area (Å²) in [7, 11) is 0. The highest BCUT2D eigenvalue weighted by atomic mass is 16.2. The molecular weight excluding hydrogens is 230 g/mol. The Morgan fingerprint density at radius 1 is 1.33 bits per heavy atom. The van der Waals surface area contributed by atoms with Crippen LogP contribution in [0, 0.1) is 11.8 Å². The Morgan fingerprint density at radius 2 is 1.94 bits per heavy atom. The van der Waals surface area contributed by atoms with E-state index < -0.39 is 0 Å². The van der Waals surface area contributed by atoms with Gasteiger partial charge < -0.3 is 11.1 Å². The Morgan fingerprint density at radius 3 is 2.44 bits per heavy atom. The van der Waals surface area contributed by atoms with E-state index in [1.54, 1.807) is 0 Å². The molecule has 1 aliphatic heterocycles. The summed E-state index contributed by atoms with van der Waals surface area (Å²) in [6.45, 7) is 6.93. The molecule has 18 heavy (non-hydrogen) atoms. The number of nitrogens with two attached hydrogens (primary N) is 1. The quantitative estimate of drug-likeness (QED) is 0.719. The molecule has 5 heteroatoms. The summed E-state index contributed by atoms with van der Waals surface area (Å²) in [5, 5.41) is 2.99. The summed E-state index contributed by atoms with van der Waals surface area (Å²) in [6, 6.07) is 0. The number of carbonyl (C=O) groups excluding carboxylic acids is 2. The fraction of sp³-hybridized carbons (Fsp3) is 0.846. The molecule has 0 aromatic rings. The highest BCUT2D eigenvalue weighted by Gasteiger charge is 2.25. The second kappa shape index (κ2) is 7.36. The maximum atomic E-state index is 11.9. The molecule has 2 amide bonds. The van der Waals surface area contributed by atoms with Crippen molar-refractivity contribution in [2.45, 2.75) is 33.1 Å². The van der Waals surface area contributed by atoms with E-state index in [1.165, 1.54) is 0 Å². The van der Waals surface area contributed by atoms with Gasteiger partial charge in [0.05, 0.1) is 6.54 Å². The van der Waals surface area contributed by atoms with Gasteiger partial charge in [0.15, 0.2) is 0 Å². The molecule has 0 aliphatic carbocycles. The van der Waals surface area contributed by atoms with Gasteiger partial charge in [0.1, 0.15) is 0 Å². The lowest BCUT2D eigenvalue weighted by molar-refractivity contribution is -0.126. The van der Waals surface area contributed by atoms with Gasteiger partial charge in [-0.05, 0) is 38.3 Å². The normalized spacial score (nSPS) is 17.9. The third kappa shape index (κ3) is 5.49. The molecule has 0 radical (unpaired) electrons. The fourth-order valence-corrected chi connectivity index (χ4v) is 2.20. The van der Waals surface area contributed by atoms with Gasteiger partial charge in [0.2, 0.25) is 11.8 Å². The summed E-state index contributed by atoms with van der Waals surface area (Å²) in [5.74, 6) is 0.577. The maximum absolute atomic E-state index is 11.9. The fourth-order valence-electron chi connectivity index (χ4n) is 2.20. The number of primary amides is 1. The Hall–Kier alpha value is -1.10. The molecule has 0 saturated carbocycles. The van der Waals surface area contributed by atoms with Gasteiger partial charge in [0.25, 0.3) is 0 Å². The predicted octanol–water partition coefficient (Wildman–Crippen LogP) is 0.346. The zero-order valence-electron chi connectivity index (χ0n) is 11.4. The van der Waals surface area contributed by atoms with Crippen molar-refractivity contribution >= 4 is 11.8 Å². The number of nitrogens with zero attached hydrogens (tertiary/aromatic N) is 1. The molecule has 0 atom stereocenters. The van der Waals surface area contributed by atoms with E-state index in [1.807, 2.05) is 4.90 Å². The molecule has 1 fully saturated rings. The number of amides is 2. The Kier molecular flexibility index (Phi) is 6.12. The summed E-state index contributed by atoms with van der Waals surface area (Å²) in [6.07, 6.45) is 2.66. The van der Waals surface area contributed by atoms with Crippen LogP contribution in [0.15, 0.2) is 0 Å². The first-order valence-electron chi connectivity index (χ1n) is 6.77. The minimum atomic E-state index is -0.296. The van der Waals surface area contributed by atoms with Crippen LogP contribution in [0.4, 0.5) is 0 Å². The van der Waals surface area contributed by atoms with E-state index >= 15 is 0 Å². The molecule has 0 unspecified atom stereocenters. The molecular formula is C13H25N3O2. The molecule has 1 rings (SSSR count). The number of carbonyl (C=O) groups is 2. The third-order valence-electron chi connectivity index (χ3n) is 3.36. The molecule has 0 aromatic heterocycles. The molecule has 0 bridgehead atoms. The van der Waals surface area contributed by atoms with Crippen LogP contribution in [0.2, 0.25) is 0 Å². The smallest absolute Gasteiger partial charge is 0.231 e. The molecule has 0 aromatic carbocycles. The van der Waals surface area contributed by atoms with Gasteiger partial charge >= 0.3 is 0 Å². The van der Waals surface area contributed by atoms with Crippen molar-refractivity contribution in [1.29, 1.82) is 0 Å². The number of hydrogen-bond donors (Lipinski definition) is 2. The molecule has 5 nitrogen and oxygen atoms in total. The average molecular weight is 255 g/mol. The van der Waals surface area contributed by atoms with E-state index in [4.69, 9.17) is 5.73 Å². The van der Waals surface area contributed by atoms with Crippen LogP contribution in [-0.4, -0.2) is 42.9 Å². The highest BCUT2D eigenvalue weighted by Crippen LogP contribution is 2.16. The standard InChI is InChI=1S/C13H25N3O2/c1-10(2)3-6-15-13(18)11-4-7-16(8-5-11)9-12(14)17/h10-11H,3-9H2,1-2H3,(H2,14,17)(H,15,18). The minimum absolute atomic E-state index is 0.0984. The van der Waals surface area contributed by atoms with Crippen LogP contribution in [0.25, 0.3) is 0 Å². The first-order chi connectivity index (χ1) is 8.49. The lowest BCUT2D eigenvalue weighted by Gasteiger charge is -2.30. The molecule has 0 spiro atoms. The van der Waals surface area contributed by atoms with Gasteiger partial charge in [0, 0.05) is 12.5 Å². The lowest BCUT2D eigenvalue weighted by atomic mass is 9.96. The van der Waals surface area contributed by atoms with Gasteiger partial charge in [-0.15, -0.1) is 0 Å². The van der Waals surface area contributed by atoms with Crippen LogP contribution in [0.5, 0.6) is 0 Å². The van der Waals surface area contributed by atoms with E-state index in [-0.39, 0.29) is 17.7 Å². The predicted molar refractivity (Wildman–Crippen MR) is 70.8 cm³/mol. The Bertz CT molecular complexity index is 284. The van der Waals surface area contributed by atoms with E-state index in [0.717, 1.165) is 38.9 Å². The van der Waals surface area contributed by atoms with Crippen LogP contribution in [0.3, 0.4) is 0 Å². The first kappa shape index (κ1) is 15.0. The van der Waals surface area contributed by atoms with Crippen molar-refractivity contribution in [1.82, 2.24) is 10.2 Å². The number of nitrogens with one attached hydrogen (secondary N) is 1. The summed E-state index contributed by atoms with van der Waals surface area (Å²) < 4.78 is 0. The second-order valence-electron chi connectivity index (χ2n) is 5.49. The second-order valence-corrected chi connectivity index (χ2v) is 5.49. The monoisotopic (exact) mass is 255 g/mol. The van der Waals surface area contributed by atoms with E-state index in [0.29, 0.717) is 12.5 Å². The molecule has 1 aliphatic rings. The number of likely N-dealkylation sites (tertiary alicyclic amines) is 1. The van der Waals surface area contributed by atoms with Gasteiger partial charge in [-0.25, -0.2) is 0 Å². The lowest BCUT2D eigenvalue weighted by Crippen LogP contribution is -2.43. The van der Waals surface area contributed by atoms with Crippen molar-refractivity contribution in [2.75, 3.05) is 26.2 Å². The van der Waals surface area contributed by atoms with Gasteiger partial charge in [-0.1, -0.05) is 13.8 Å². The Balaban J connectivity index is 2.21. The van der Waals surface area contributed by atoms with Gasteiger partial charge in [-0.2, -0.15) is 0 Å². The van der Waals surface area contributed by atoms with Crippen LogP contribution < -0.4 is 11.1 Å². The number of rotatable bonds is 6. The van der Waals surface area contributed by atoms with Crippen LogP contribution in [-0.2, 0) is 9.59 Å². The third-order valence-corrected chi connectivity index (χ3v) is 3.36. The summed E-state index contributed by atoms with van der Waals surface area (Å²) in [5.41, 5.74) is 5.15. The molecule has 1 saturated heterocycles. The van der Waals surface area contributed by atoms with Gasteiger partial charge in [-0.3, -0.25) is 14.5 Å². The largest absolute Gasteiger partial charge is 0.369 e. The van der Waals surface area contributed by atoms with E-state index in [9.17, 15) is 9.59 Å². The summed E-state index contributed by atoms with van der Waals surface area (Å²) in [4.78, 5) is 24.7. The van der Waals surface area contributed by atoms with Crippen LogP contribution >= 0.6 is 0 Å². The topological polar surface area (TPSA) is 75.4 Å². The van der Waals surface area contributed by atoms with Crippen molar-refractivity contribution in [3.8, 4) is 0 Å². The van der Waals surface area contributed by atoms with E-state index in [2.05, 4.69) is 19.2 Å². The van der Waals surface area contributed by atoms with Crippen molar-refractivity contribution in [3.63, 3.8) is 0 Å². The maximum Gasteiger partial charge on any atom is 0.231 e. The minimum Gasteiger partial charge on any atom is -0.369 e. The zero-order valence-corrected chi connectivity index (χ0v) is 11.4. The number of piperidine rings is 1. The number of hydrogen-bond acceptors (Lipinski definition) is 3. The highest BCUT2D eigenvalue weighted by molar-refractivity contribution is 5.79. The van der Waals surface area contributed by atoms with Crippen molar-refractivity contribution in [3.05, 3.63) is 0 Å². The average Bonchev–Trinajstić information content (AvgIpc) is 2.28.